The van der Waals surface area contributed by atoms with E-state index in [0.29, 0.717) is 10.6 Å². The third kappa shape index (κ3) is 4.21. The average Bonchev–Trinajstić information content (AvgIpc) is 2.42. The van der Waals surface area contributed by atoms with Crippen molar-refractivity contribution in [2.75, 3.05) is 19.6 Å². The number of nitrogens with zero attached hydrogens (tertiary/aromatic N) is 1. The summed E-state index contributed by atoms with van der Waals surface area (Å²) in [5.74, 6) is -0.110. The van der Waals surface area contributed by atoms with Crippen LogP contribution in [0.2, 0.25) is 5.02 Å². The quantitative estimate of drug-likeness (QED) is 0.889. The zero-order valence-corrected chi connectivity index (χ0v) is 14.0. The lowest BCUT2D eigenvalue weighted by Crippen LogP contribution is -2.43. The van der Waals surface area contributed by atoms with E-state index < -0.39 is 0 Å². The van der Waals surface area contributed by atoms with E-state index >= 15 is 0 Å². The largest absolute Gasteiger partial charge is 0.348 e. The molecular formula is C15H20BrClN2O. The van der Waals surface area contributed by atoms with E-state index in [0.717, 1.165) is 24.1 Å². The van der Waals surface area contributed by atoms with Crippen LogP contribution in [-0.4, -0.2) is 36.5 Å². The Morgan fingerprint density at radius 2 is 2.10 bits per heavy atom. The van der Waals surface area contributed by atoms with Gasteiger partial charge >= 0.3 is 0 Å². The standard InChI is InChI=1S/C15H20BrClN2O/c1-11(10-19-8-3-2-4-9-19)18-15(20)12-6-5-7-13(16)14(12)17/h5-7,11H,2-4,8-10H2,1H3,(H,18,20). The molecule has 0 aliphatic carbocycles. The number of halogens is 2. The summed E-state index contributed by atoms with van der Waals surface area (Å²) < 4.78 is 0.746. The summed E-state index contributed by atoms with van der Waals surface area (Å²) in [5, 5.41) is 3.49. The minimum absolute atomic E-state index is 0.110. The number of carbonyl (C=O) groups is 1. The molecule has 1 saturated heterocycles. The molecule has 0 spiro atoms. The molecule has 0 bridgehead atoms. The second-order valence-corrected chi connectivity index (χ2v) is 6.57. The molecule has 1 aromatic rings. The van der Waals surface area contributed by atoms with Gasteiger partial charge in [0.15, 0.2) is 0 Å². The first kappa shape index (κ1) is 15.8. The van der Waals surface area contributed by atoms with Crippen molar-refractivity contribution >= 4 is 33.4 Å². The summed E-state index contributed by atoms with van der Waals surface area (Å²) in [6, 6.07) is 5.52. The molecule has 1 atom stereocenters. The number of amides is 1. The van der Waals surface area contributed by atoms with Crippen LogP contribution < -0.4 is 5.32 Å². The first-order valence-corrected chi connectivity index (χ1v) is 8.22. The van der Waals surface area contributed by atoms with Gasteiger partial charge in [0.1, 0.15) is 0 Å². The Labute approximate surface area is 133 Å². The third-order valence-electron chi connectivity index (χ3n) is 3.55. The molecule has 110 valence electrons. The number of piperidine rings is 1. The monoisotopic (exact) mass is 358 g/mol. The summed E-state index contributed by atoms with van der Waals surface area (Å²) in [6.45, 7) is 5.21. The maximum atomic E-state index is 12.2. The molecule has 1 aliphatic heterocycles. The van der Waals surface area contributed by atoms with Crippen LogP contribution in [0.5, 0.6) is 0 Å². The first-order valence-electron chi connectivity index (χ1n) is 7.05. The van der Waals surface area contributed by atoms with Crippen LogP contribution in [0.1, 0.15) is 36.5 Å². The fourth-order valence-electron chi connectivity index (χ4n) is 2.56. The Morgan fingerprint density at radius 3 is 2.80 bits per heavy atom. The second-order valence-electron chi connectivity index (χ2n) is 5.34. The van der Waals surface area contributed by atoms with Gasteiger partial charge in [0.25, 0.3) is 5.91 Å². The first-order chi connectivity index (χ1) is 9.58. The van der Waals surface area contributed by atoms with Crippen molar-refractivity contribution in [3.8, 4) is 0 Å². The summed E-state index contributed by atoms with van der Waals surface area (Å²) in [7, 11) is 0. The van der Waals surface area contributed by atoms with Crippen LogP contribution in [-0.2, 0) is 0 Å². The second kappa shape index (κ2) is 7.43. The Kier molecular flexibility index (Phi) is 5.87. The predicted molar refractivity (Wildman–Crippen MR) is 86.4 cm³/mol. The fraction of sp³-hybridized carbons (Fsp3) is 0.533. The summed E-state index contributed by atoms with van der Waals surface area (Å²) >= 11 is 9.49. The van der Waals surface area contributed by atoms with Crippen molar-refractivity contribution < 1.29 is 4.79 Å². The van der Waals surface area contributed by atoms with Crippen molar-refractivity contribution in [1.82, 2.24) is 10.2 Å². The normalized spacial score (nSPS) is 17.8. The van der Waals surface area contributed by atoms with Gasteiger partial charge in [0.05, 0.1) is 10.6 Å². The van der Waals surface area contributed by atoms with Gasteiger partial charge in [-0.3, -0.25) is 4.79 Å². The predicted octanol–water partition coefficient (Wildman–Crippen LogP) is 3.71. The van der Waals surface area contributed by atoms with Crippen LogP contribution in [0, 0.1) is 0 Å². The molecule has 1 aromatic carbocycles. The molecule has 1 aliphatic rings. The highest BCUT2D eigenvalue weighted by molar-refractivity contribution is 9.10. The molecule has 20 heavy (non-hydrogen) atoms. The Hall–Kier alpha value is -0.580. The Balaban J connectivity index is 1.91. The topological polar surface area (TPSA) is 32.3 Å². The van der Waals surface area contributed by atoms with E-state index in [9.17, 15) is 4.79 Å². The molecule has 1 N–H and O–H groups in total. The lowest BCUT2D eigenvalue weighted by molar-refractivity contribution is 0.0926. The molecule has 0 aromatic heterocycles. The van der Waals surface area contributed by atoms with E-state index in [1.165, 1.54) is 19.3 Å². The number of rotatable bonds is 4. The third-order valence-corrected chi connectivity index (χ3v) is 4.85. The molecule has 3 nitrogen and oxygen atoms in total. The maximum absolute atomic E-state index is 12.2. The number of likely N-dealkylation sites (tertiary alicyclic amines) is 1. The zero-order chi connectivity index (χ0) is 14.5. The van der Waals surface area contributed by atoms with Gasteiger partial charge in [0, 0.05) is 17.1 Å². The van der Waals surface area contributed by atoms with Crippen LogP contribution in [0.4, 0.5) is 0 Å². The lowest BCUT2D eigenvalue weighted by Gasteiger charge is -2.29. The zero-order valence-electron chi connectivity index (χ0n) is 11.7. The molecule has 1 fully saturated rings. The van der Waals surface area contributed by atoms with E-state index in [2.05, 4.69) is 26.1 Å². The van der Waals surface area contributed by atoms with E-state index in [1.54, 1.807) is 6.07 Å². The van der Waals surface area contributed by atoms with Crippen molar-refractivity contribution in [1.29, 1.82) is 0 Å². The van der Waals surface area contributed by atoms with Gasteiger partial charge in [-0.1, -0.05) is 24.1 Å². The van der Waals surface area contributed by atoms with E-state index in [1.807, 2.05) is 19.1 Å². The highest BCUT2D eigenvalue weighted by Gasteiger charge is 2.17. The minimum Gasteiger partial charge on any atom is -0.348 e. The molecule has 1 amide bonds. The maximum Gasteiger partial charge on any atom is 0.253 e. The Bertz CT molecular complexity index is 475. The van der Waals surface area contributed by atoms with Crippen molar-refractivity contribution in [2.24, 2.45) is 0 Å². The average molecular weight is 360 g/mol. The molecular weight excluding hydrogens is 340 g/mol. The molecule has 2 rings (SSSR count). The van der Waals surface area contributed by atoms with E-state index in [-0.39, 0.29) is 11.9 Å². The molecule has 0 radical (unpaired) electrons. The van der Waals surface area contributed by atoms with Gasteiger partial charge in [-0.25, -0.2) is 0 Å². The SMILES string of the molecule is CC(CN1CCCCC1)NC(=O)c1cccc(Br)c1Cl. The highest BCUT2D eigenvalue weighted by Crippen LogP contribution is 2.25. The highest BCUT2D eigenvalue weighted by atomic mass is 79.9. The molecule has 5 heteroatoms. The van der Waals surface area contributed by atoms with Crippen LogP contribution in [0.3, 0.4) is 0 Å². The van der Waals surface area contributed by atoms with Crippen LogP contribution in [0.15, 0.2) is 22.7 Å². The number of hydrogen-bond donors (Lipinski definition) is 1. The molecule has 1 unspecified atom stereocenters. The number of hydrogen-bond acceptors (Lipinski definition) is 2. The van der Waals surface area contributed by atoms with Gasteiger partial charge in [-0.2, -0.15) is 0 Å². The number of benzene rings is 1. The number of carbonyl (C=O) groups excluding carboxylic acids is 1. The van der Waals surface area contributed by atoms with Gasteiger partial charge < -0.3 is 10.2 Å². The van der Waals surface area contributed by atoms with Crippen molar-refractivity contribution in [2.45, 2.75) is 32.2 Å². The Morgan fingerprint density at radius 1 is 1.40 bits per heavy atom. The van der Waals surface area contributed by atoms with Crippen LogP contribution in [0.25, 0.3) is 0 Å². The van der Waals surface area contributed by atoms with Crippen LogP contribution >= 0.6 is 27.5 Å². The van der Waals surface area contributed by atoms with E-state index in [4.69, 9.17) is 11.6 Å². The number of nitrogens with one attached hydrogen (secondary N) is 1. The molecule has 0 saturated carbocycles. The smallest absolute Gasteiger partial charge is 0.253 e. The summed E-state index contributed by atoms with van der Waals surface area (Å²) in [5.41, 5.74) is 0.520. The van der Waals surface area contributed by atoms with Crippen molar-refractivity contribution in [3.05, 3.63) is 33.3 Å². The summed E-state index contributed by atoms with van der Waals surface area (Å²) in [6.07, 6.45) is 3.85. The lowest BCUT2D eigenvalue weighted by atomic mass is 10.1. The fourth-order valence-corrected chi connectivity index (χ4v) is 3.13. The van der Waals surface area contributed by atoms with Gasteiger partial charge in [-0.15, -0.1) is 0 Å². The summed E-state index contributed by atoms with van der Waals surface area (Å²) in [4.78, 5) is 14.6. The molecule has 1 heterocycles. The van der Waals surface area contributed by atoms with Crippen molar-refractivity contribution in [3.63, 3.8) is 0 Å². The minimum atomic E-state index is -0.110. The van der Waals surface area contributed by atoms with Gasteiger partial charge in [-0.05, 0) is 60.9 Å². The van der Waals surface area contributed by atoms with Gasteiger partial charge in [0.2, 0.25) is 0 Å².